The van der Waals surface area contributed by atoms with E-state index in [9.17, 15) is 44.7 Å². The Kier molecular flexibility index (Phi) is 13.4. The number of hydrogen-bond acceptors (Lipinski definition) is 17. The molecule has 80 heavy (non-hydrogen) atoms. The third kappa shape index (κ3) is 7.85. The molecule has 2 saturated heterocycles. The van der Waals surface area contributed by atoms with Gasteiger partial charge in [0.2, 0.25) is 17.4 Å². The van der Waals surface area contributed by atoms with Crippen molar-refractivity contribution in [1.29, 1.82) is 0 Å². The van der Waals surface area contributed by atoms with E-state index in [1.54, 1.807) is 18.2 Å². The van der Waals surface area contributed by atoms with E-state index < -0.39 is 69.0 Å². The summed E-state index contributed by atoms with van der Waals surface area (Å²) >= 11 is 0. The molecule has 7 heterocycles. The molecule has 2 aromatic heterocycles. The lowest BCUT2D eigenvalue weighted by Crippen LogP contribution is -2.81. The summed E-state index contributed by atoms with van der Waals surface area (Å²) in [6.07, 6.45) is 7.09. The standard InChI is InChI=1S/C46H56N4O10.C15H10O5/c1-7-42(55)22-28-23-45(40(53)58-5,36-30(14-18-48(24-28)25-42)29-12-9-10-13-33(29)47-36)32-20-31-34(21-35(32)57-4)50(26-51)38-44(31)16-19-49-17-11-15-43(8-2,37(44)49)39(60-27(3)52)46(38,56)41(54)59-6;16-9-3-1-8(2-4-9)11-7-20-13-6-10(17)5-12(18)14(13)15(11)19/h9-13,15,20-21,26,28,37-39,47,55-56H,7-8,14,16-19,22-25H2,1-6H3;1-7,16-18H/t28-,37-,38+,39+,42-,43+,44+,45-,46-;/m0./s1. The smallest absolute Gasteiger partial charge is 0.344 e. The maximum atomic E-state index is 15.3. The number of esters is 3. The first-order valence-electron chi connectivity index (χ1n) is 27.1. The fraction of sp³-hybridized carbons (Fsp3) is 0.426. The van der Waals surface area contributed by atoms with E-state index in [1.807, 2.05) is 50.3 Å². The van der Waals surface area contributed by atoms with Crippen LogP contribution in [0.5, 0.6) is 23.0 Å². The zero-order chi connectivity index (χ0) is 56.8. The molecule has 12 rings (SSSR count). The summed E-state index contributed by atoms with van der Waals surface area (Å²) in [7, 11) is 4.09. The molecule has 3 fully saturated rings. The van der Waals surface area contributed by atoms with Crippen molar-refractivity contribution in [3.8, 4) is 34.1 Å². The fourth-order valence-corrected chi connectivity index (χ4v) is 15.4. The van der Waals surface area contributed by atoms with Crippen molar-refractivity contribution in [2.45, 2.75) is 99.5 Å². The van der Waals surface area contributed by atoms with Crippen molar-refractivity contribution < 1.29 is 68.1 Å². The number of H-pyrrole nitrogens is 1. The molecule has 6 aromatic rings. The number of para-hydroxylation sites is 1. The van der Waals surface area contributed by atoms with Gasteiger partial charge in [-0.2, -0.15) is 0 Å². The van der Waals surface area contributed by atoms with Crippen LogP contribution in [0.15, 0.2) is 100 Å². The highest BCUT2D eigenvalue weighted by Crippen LogP contribution is 2.68. The number of phenolic OH excluding ortho intramolecular Hbond substituents is 3. The molecule has 2 bridgehead atoms. The maximum absolute atomic E-state index is 15.3. The Morgan fingerprint density at radius 3 is 2.31 bits per heavy atom. The van der Waals surface area contributed by atoms with E-state index in [0.717, 1.165) is 22.5 Å². The zero-order valence-electron chi connectivity index (χ0n) is 45.5. The van der Waals surface area contributed by atoms with E-state index in [2.05, 4.69) is 20.9 Å². The molecule has 5 aliphatic heterocycles. The minimum atomic E-state index is -2.53. The molecule has 1 aliphatic carbocycles. The number of aromatic amines is 1. The molecule has 420 valence electrons. The predicted molar refractivity (Wildman–Crippen MR) is 293 cm³/mol. The van der Waals surface area contributed by atoms with Crippen LogP contribution in [-0.2, 0) is 50.6 Å². The number of piperidine rings is 1. The van der Waals surface area contributed by atoms with Gasteiger partial charge in [0.15, 0.2) is 6.10 Å². The van der Waals surface area contributed by atoms with Crippen molar-refractivity contribution in [2.24, 2.45) is 11.3 Å². The molecule has 19 heteroatoms. The van der Waals surface area contributed by atoms with Gasteiger partial charge >= 0.3 is 17.9 Å². The van der Waals surface area contributed by atoms with Gasteiger partial charge in [0.1, 0.15) is 45.6 Å². The highest BCUT2D eigenvalue weighted by atomic mass is 16.6. The second-order valence-corrected chi connectivity index (χ2v) is 22.5. The highest BCUT2D eigenvalue weighted by molar-refractivity contribution is 5.97. The Bertz CT molecular complexity index is 3580. The Morgan fingerprint density at radius 2 is 1.62 bits per heavy atom. The van der Waals surface area contributed by atoms with E-state index in [0.29, 0.717) is 105 Å². The Balaban J connectivity index is 0.000000282. The predicted octanol–water partition coefficient (Wildman–Crippen LogP) is 6.09. The third-order valence-corrected chi connectivity index (χ3v) is 18.5. The van der Waals surface area contributed by atoms with Crippen LogP contribution >= 0.6 is 0 Å². The van der Waals surface area contributed by atoms with Crippen LogP contribution < -0.4 is 15.1 Å². The summed E-state index contributed by atoms with van der Waals surface area (Å²) in [5.74, 6) is -2.50. The molecule has 0 radical (unpaired) electrons. The molecule has 19 nitrogen and oxygen atoms in total. The minimum Gasteiger partial charge on any atom is -0.508 e. The lowest BCUT2D eigenvalue weighted by atomic mass is 9.47. The van der Waals surface area contributed by atoms with Crippen LogP contribution in [0.25, 0.3) is 33.0 Å². The van der Waals surface area contributed by atoms with Crippen LogP contribution in [-0.4, -0.2) is 148 Å². The number of aromatic hydroxyl groups is 3. The number of phenols is 3. The molecular weight excluding hydrogens is 1030 g/mol. The lowest BCUT2D eigenvalue weighted by Gasteiger charge is -2.63. The van der Waals surface area contributed by atoms with Crippen molar-refractivity contribution in [3.05, 3.63) is 124 Å². The van der Waals surface area contributed by atoms with Crippen molar-refractivity contribution in [3.63, 3.8) is 0 Å². The first kappa shape index (κ1) is 54.3. The molecule has 1 amide bonds. The molecule has 6 N–H and O–H groups in total. The molecule has 1 spiro atoms. The number of hydrogen-bond donors (Lipinski definition) is 6. The summed E-state index contributed by atoms with van der Waals surface area (Å²) in [6.45, 7) is 8.16. The number of aromatic nitrogens is 1. The first-order valence-corrected chi connectivity index (χ1v) is 27.1. The zero-order valence-corrected chi connectivity index (χ0v) is 45.5. The van der Waals surface area contributed by atoms with Gasteiger partial charge in [-0.15, -0.1) is 0 Å². The molecule has 1 unspecified atom stereocenters. The van der Waals surface area contributed by atoms with Crippen LogP contribution in [0.3, 0.4) is 0 Å². The summed E-state index contributed by atoms with van der Waals surface area (Å²) in [6, 6.07) is 18.4. The SMILES string of the molecule is CC[C@]1(O)C[C@@H]2CN(CCc3c([nH]c4ccccc34)[C@@](C(=O)OC)(c3cc4c(cc3OC)N(C=O)[C@H]3[C@@](O)(C(=O)OC)[C@H](OC(C)=O)[C@]5(CC)C=CCN6CC[C@]43[C@@H]65)C2)C1.O=c1c(-c2ccc(O)cc2)coc2cc(O)cc(O)c12. The molecular formula is C61H66N4O15. The lowest BCUT2D eigenvalue weighted by molar-refractivity contribution is -0.228. The first-order chi connectivity index (χ1) is 38.3. The number of ether oxygens (including phenoxy) is 4. The Morgan fingerprint density at radius 1 is 0.875 bits per heavy atom. The number of anilines is 1. The summed E-state index contributed by atoms with van der Waals surface area (Å²) < 4.78 is 29.0. The average molecular weight is 1100 g/mol. The quantitative estimate of drug-likeness (QED) is 0.0414. The van der Waals surface area contributed by atoms with Crippen molar-refractivity contribution in [1.82, 2.24) is 14.8 Å². The largest absolute Gasteiger partial charge is 0.508 e. The average Bonchev–Trinajstić information content (AvgIpc) is 4.33. The van der Waals surface area contributed by atoms with Gasteiger partial charge in [-0.3, -0.25) is 29.0 Å². The van der Waals surface area contributed by atoms with Crippen LogP contribution in [0.1, 0.15) is 75.3 Å². The third-order valence-electron chi connectivity index (χ3n) is 18.5. The number of methoxy groups -OCH3 is 3. The molecule has 4 aromatic carbocycles. The number of rotatable bonds is 9. The van der Waals surface area contributed by atoms with Gasteiger partial charge in [-0.05, 0) is 91.9 Å². The van der Waals surface area contributed by atoms with Crippen LogP contribution in [0, 0.1) is 11.3 Å². The van der Waals surface area contributed by atoms with Gasteiger partial charge in [0, 0.05) is 90.3 Å². The number of amides is 1. The topological polar surface area (TPSA) is 262 Å². The Labute approximate surface area is 460 Å². The van der Waals surface area contributed by atoms with E-state index in [1.165, 1.54) is 57.6 Å². The minimum absolute atomic E-state index is 0.00775. The number of carbonyl (C=O) groups is 4. The highest BCUT2D eigenvalue weighted by Gasteiger charge is 2.81. The second kappa shape index (κ2) is 19.8. The van der Waals surface area contributed by atoms with Crippen molar-refractivity contribution >= 4 is 51.9 Å². The molecule has 1 saturated carbocycles. The van der Waals surface area contributed by atoms with E-state index in [4.69, 9.17) is 23.4 Å². The normalized spacial score (nSPS) is 30.1. The van der Waals surface area contributed by atoms with E-state index >= 15 is 4.79 Å². The summed E-state index contributed by atoms with van der Waals surface area (Å²) in [4.78, 5) is 78.5. The van der Waals surface area contributed by atoms with Gasteiger partial charge in [0.25, 0.3) is 0 Å². The molecule has 10 atom stereocenters. The van der Waals surface area contributed by atoms with Crippen LogP contribution in [0.2, 0.25) is 0 Å². The maximum Gasteiger partial charge on any atom is 0.344 e. The van der Waals surface area contributed by atoms with Gasteiger partial charge in [0.05, 0.1) is 44.2 Å². The number of carbonyl (C=O) groups excluding carboxylic acids is 4. The van der Waals surface area contributed by atoms with Crippen molar-refractivity contribution in [2.75, 3.05) is 59.0 Å². The van der Waals surface area contributed by atoms with Gasteiger partial charge in [-0.25, -0.2) is 4.79 Å². The number of fused-ring (bicyclic) bond motifs is 7. The van der Waals surface area contributed by atoms with Crippen LogP contribution in [0.4, 0.5) is 5.69 Å². The summed E-state index contributed by atoms with van der Waals surface area (Å²) in [5, 5.41) is 54.7. The summed E-state index contributed by atoms with van der Waals surface area (Å²) in [5.41, 5.74) is -2.63. The Hall–Kier alpha value is -7.71. The number of nitrogens with one attached hydrogen (secondary N) is 1. The second-order valence-electron chi connectivity index (χ2n) is 22.5. The number of benzene rings is 4. The monoisotopic (exact) mass is 1090 g/mol. The number of aliphatic hydroxyl groups is 2. The molecule has 6 aliphatic rings. The number of nitrogens with zero attached hydrogens (tertiary/aromatic N) is 3. The van der Waals surface area contributed by atoms with Gasteiger partial charge < -0.3 is 58.8 Å². The fourth-order valence-electron chi connectivity index (χ4n) is 15.4. The van der Waals surface area contributed by atoms with E-state index in [-0.39, 0.29) is 46.1 Å². The van der Waals surface area contributed by atoms with Gasteiger partial charge in [-0.1, -0.05) is 56.3 Å².